The number of rotatable bonds is 15. The predicted molar refractivity (Wildman–Crippen MR) is 96.8 cm³/mol. The van der Waals surface area contributed by atoms with E-state index in [0.717, 1.165) is 6.42 Å². The van der Waals surface area contributed by atoms with Crippen LogP contribution in [0.5, 0.6) is 0 Å². The van der Waals surface area contributed by atoms with E-state index in [4.69, 9.17) is 9.26 Å². The summed E-state index contributed by atoms with van der Waals surface area (Å²) in [6, 6.07) is 0. The highest BCUT2D eigenvalue weighted by molar-refractivity contribution is 7.09. The average molecular weight is 332 g/mol. The van der Waals surface area contributed by atoms with Gasteiger partial charge in [-0.15, -0.1) is 0 Å². The molecule has 0 saturated carbocycles. The minimum atomic E-state index is -0.149. The Balaban J connectivity index is 3.56. The van der Waals surface area contributed by atoms with Crippen LogP contribution >= 0.6 is 9.47 Å². The van der Waals surface area contributed by atoms with Crippen LogP contribution in [0.1, 0.15) is 91.4 Å². The molecule has 22 heavy (non-hydrogen) atoms. The Labute approximate surface area is 140 Å². The van der Waals surface area contributed by atoms with Crippen molar-refractivity contribution < 1.29 is 14.1 Å². The van der Waals surface area contributed by atoms with Crippen LogP contribution in [0.2, 0.25) is 0 Å². The first-order valence-corrected chi connectivity index (χ1v) is 9.62. The van der Waals surface area contributed by atoms with Gasteiger partial charge in [0.1, 0.15) is 0 Å². The predicted octanol–water partition coefficient (Wildman–Crippen LogP) is 5.67. The van der Waals surface area contributed by atoms with E-state index in [2.05, 4.69) is 23.3 Å². The Hall–Kier alpha value is -0.140. The van der Waals surface area contributed by atoms with Crippen molar-refractivity contribution >= 4 is 15.4 Å². The molecule has 0 aromatic carbocycles. The van der Waals surface area contributed by atoms with Crippen LogP contribution in [0.4, 0.5) is 0 Å². The summed E-state index contributed by atoms with van der Waals surface area (Å²) in [6.45, 7) is 6.87. The van der Waals surface area contributed by atoms with Crippen molar-refractivity contribution in [2.24, 2.45) is 5.92 Å². The maximum atomic E-state index is 11.6. The van der Waals surface area contributed by atoms with E-state index in [1.54, 1.807) is 0 Å². The monoisotopic (exact) mass is 332 g/mol. The van der Waals surface area contributed by atoms with Gasteiger partial charge in [0.2, 0.25) is 0 Å². The Kier molecular flexibility index (Phi) is 15.6. The zero-order valence-corrected chi connectivity index (χ0v) is 16.1. The molecule has 0 aromatic heterocycles. The lowest BCUT2D eigenvalue weighted by molar-refractivity contribution is -0.146. The number of esters is 1. The van der Waals surface area contributed by atoms with Gasteiger partial charge in [-0.3, -0.25) is 4.79 Å². The lowest BCUT2D eigenvalue weighted by atomic mass is 9.98. The summed E-state index contributed by atoms with van der Waals surface area (Å²) in [5, 5.41) is 0. The highest BCUT2D eigenvalue weighted by Gasteiger charge is 2.13. The van der Waals surface area contributed by atoms with Gasteiger partial charge in [0, 0.05) is 9.47 Å². The van der Waals surface area contributed by atoms with Crippen molar-refractivity contribution in [2.45, 2.75) is 97.5 Å². The summed E-state index contributed by atoms with van der Waals surface area (Å²) < 4.78 is 10.4. The first-order chi connectivity index (χ1) is 10.6. The molecule has 3 atom stereocenters. The zero-order chi connectivity index (χ0) is 16.6. The molecule has 0 aromatic rings. The van der Waals surface area contributed by atoms with Crippen molar-refractivity contribution in [3.8, 4) is 0 Å². The molecule has 0 amide bonds. The van der Waals surface area contributed by atoms with Crippen LogP contribution in [0, 0.1) is 5.92 Å². The van der Waals surface area contributed by atoms with E-state index < -0.39 is 0 Å². The van der Waals surface area contributed by atoms with Crippen LogP contribution in [0.3, 0.4) is 0 Å². The fourth-order valence-electron chi connectivity index (χ4n) is 2.52. The van der Waals surface area contributed by atoms with E-state index >= 15 is 0 Å². The third-order valence-corrected chi connectivity index (χ3v) is 4.67. The molecule has 0 spiro atoms. The number of hydrogen-bond acceptors (Lipinski definition) is 3. The van der Waals surface area contributed by atoms with Gasteiger partial charge >= 0.3 is 5.97 Å². The van der Waals surface area contributed by atoms with Crippen LogP contribution in [-0.2, 0) is 14.1 Å². The molecule has 0 saturated heterocycles. The van der Waals surface area contributed by atoms with Crippen LogP contribution < -0.4 is 0 Å². The van der Waals surface area contributed by atoms with Crippen molar-refractivity contribution in [1.82, 2.24) is 0 Å². The van der Waals surface area contributed by atoms with E-state index in [9.17, 15) is 4.79 Å². The SMILES string of the molecule is CCCCCCCCCCC(CC)COC(=O)CC(C)OP. The highest BCUT2D eigenvalue weighted by atomic mass is 31.0. The largest absolute Gasteiger partial charge is 0.465 e. The quantitative estimate of drug-likeness (QED) is 0.220. The van der Waals surface area contributed by atoms with Gasteiger partial charge in [-0.2, -0.15) is 0 Å². The Morgan fingerprint density at radius 3 is 2.14 bits per heavy atom. The number of hydrogen-bond donors (Lipinski definition) is 0. The summed E-state index contributed by atoms with van der Waals surface area (Å²) in [4.78, 5) is 11.6. The number of carbonyl (C=O) groups is 1. The molecule has 0 fully saturated rings. The first-order valence-electron chi connectivity index (χ1n) is 9.15. The third kappa shape index (κ3) is 13.5. The van der Waals surface area contributed by atoms with E-state index in [1.807, 2.05) is 6.92 Å². The molecule has 0 aliphatic heterocycles. The van der Waals surface area contributed by atoms with Crippen LogP contribution in [0.15, 0.2) is 0 Å². The fourth-order valence-corrected chi connectivity index (χ4v) is 2.62. The number of ether oxygens (including phenoxy) is 1. The smallest absolute Gasteiger partial charge is 0.308 e. The van der Waals surface area contributed by atoms with Gasteiger partial charge in [-0.1, -0.05) is 71.6 Å². The topological polar surface area (TPSA) is 35.5 Å². The van der Waals surface area contributed by atoms with Crippen molar-refractivity contribution in [2.75, 3.05) is 6.61 Å². The van der Waals surface area contributed by atoms with E-state index in [1.165, 1.54) is 57.8 Å². The lowest BCUT2D eigenvalue weighted by Gasteiger charge is -2.16. The molecule has 132 valence electrons. The average Bonchev–Trinajstić information content (AvgIpc) is 2.52. The zero-order valence-electron chi connectivity index (χ0n) is 14.9. The van der Waals surface area contributed by atoms with Gasteiger partial charge in [0.05, 0.1) is 19.1 Å². The molecule has 0 rings (SSSR count). The minimum Gasteiger partial charge on any atom is -0.465 e. The summed E-state index contributed by atoms with van der Waals surface area (Å²) in [7, 11) is 2.19. The molecule has 0 aliphatic carbocycles. The van der Waals surface area contributed by atoms with Crippen molar-refractivity contribution in [1.29, 1.82) is 0 Å². The molecule has 0 aliphatic rings. The molecule has 0 N–H and O–H groups in total. The highest BCUT2D eigenvalue weighted by Crippen LogP contribution is 2.16. The second-order valence-electron chi connectivity index (χ2n) is 6.37. The normalized spacial score (nSPS) is 13.8. The maximum absolute atomic E-state index is 11.6. The molecule has 4 heteroatoms. The molecular weight excluding hydrogens is 295 g/mol. The molecule has 0 heterocycles. The Morgan fingerprint density at radius 2 is 1.59 bits per heavy atom. The van der Waals surface area contributed by atoms with Gasteiger partial charge in [-0.25, -0.2) is 0 Å². The summed E-state index contributed by atoms with van der Waals surface area (Å²) in [5.74, 6) is 0.362. The van der Waals surface area contributed by atoms with Gasteiger partial charge < -0.3 is 9.26 Å². The van der Waals surface area contributed by atoms with Crippen LogP contribution in [-0.4, -0.2) is 18.7 Å². The van der Waals surface area contributed by atoms with Gasteiger partial charge in [0.15, 0.2) is 0 Å². The van der Waals surface area contributed by atoms with Crippen molar-refractivity contribution in [3.05, 3.63) is 0 Å². The fraction of sp³-hybridized carbons (Fsp3) is 0.944. The number of unbranched alkanes of at least 4 members (excludes halogenated alkanes) is 7. The Morgan fingerprint density at radius 1 is 1.00 bits per heavy atom. The second-order valence-corrected chi connectivity index (χ2v) is 6.64. The van der Waals surface area contributed by atoms with E-state index in [-0.39, 0.29) is 12.1 Å². The summed E-state index contributed by atoms with van der Waals surface area (Å²) in [6.07, 6.45) is 13.3. The maximum Gasteiger partial charge on any atom is 0.308 e. The summed E-state index contributed by atoms with van der Waals surface area (Å²) in [5.41, 5.74) is 0. The van der Waals surface area contributed by atoms with Crippen molar-refractivity contribution in [3.63, 3.8) is 0 Å². The first kappa shape index (κ1) is 21.9. The molecule has 3 unspecified atom stereocenters. The van der Waals surface area contributed by atoms with Crippen LogP contribution in [0.25, 0.3) is 0 Å². The standard InChI is InChI=1S/C18H37O3P/c1-4-6-7-8-9-10-11-12-13-17(5-2)15-20-18(19)14-16(3)21-22/h16-17H,4-15,22H2,1-3H3. The molecule has 0 bridgehead atoms. The number of carbonyl (C=O) groups excluding carboxylic acids is 1. The van der Waals surface area contributed by atoms with Gasteiger partial charge in [-0.05, 0) is 19.3 Å². The summed E-state index contributed by atoms with van der Waals surface area (Å²) >= 11 is 0. The third-order valence-electron chi connectivity index (χ3n) is 4.21. The lowest BCUT2D eigenvalue weighted by Crippen LogP contribution is -2.17. The molecular formula is C18H37O3P. The molecule has 3 nitrogen and oxygen atoms in total. The second kappa shape index (κ2) is 15.7. The molecule has 0 radical (unpaired) electrons. The Bertz CT molecular complexity index is 259. The minimum absolute atomic E-state index is 0.0923. The van der Waals surface area contributed by atoms with E-state index in [0.29, 0.717) is 18.9 Å². The van der Waals surface area contributed by atoms with Gasteiger partial charge in [0.25, 0.3) is 0 Å².